The molecule has 78 valence electrons. The van der Waals surface area contributed by atoms with Gasteiger partial charge in [-0.25, -0.2) is 0 Å². The van der Waals surface area contributed by atoms with Crippen molar-refractivity contribution in [3.63, 3.8) is 0 Å². The molecule has 0 radical (unpaired) electrons. The van der Waals surface area contributed by atoms with Crippen LogP contribution in [0.15, 0.2) is 12.3 Å². The zero-order valence-electron chi connectivity index (χ0n) is 8.30. The molecule has 3 atom stereocenters. The topological polar surface area (TPSA) is 58.3 Å². The van der Waals surface area contributed by atoms with Gasteiger partial charge in [-0.2, -0.15) is 5.10 Å². The van der Waals surface area contributed by atoms with Gasteiger partial charge in [0, 0.05) is 24.9 Å². The number of aromatic nitrogens is 2. The third-order valence-electron chi connectivity index (χ3n) is 3.02. The van der Waals surface area contributed by atoms with E-state index in [0.29, 0.717) is 19.3 Å². The molecular formula is C10H16N2O2. The molecule has 0 saturated heterocycles. The number of aliphatic hydroxyl groups is 2. The molecule has 1 saturated carbocycles. The normalized spacial score (nSPS) is 33.2. The van der Waals surface area contributed by atoms with Crippen LogP contribution in [0, 0.1) is 0 Å². The highest BCUT2D eigenvalue weighted by molar-refractivity contribution is 5.11. The first-order valence-electron chi connectivity index (χ1n) is 5.02. The second-order valence-electron chi connectivity index (χ2n) is 4.02. The fourth-order valence-electron chi connectivity index (χ4n) is 2.20. The van der Waals surface area contributed by atoms with Gasteiger partial charge in [0.1, 0.15) is 0 Å². The molecule has 1 aromatic heterocycles. The maximum atomic E-state index is 9.83. The van der Waals surface area contributed by atoms with Crippen LogP contribution >= 0.6 is 0 Å². The summed E-state index contributed by atoms with van der Waals surface area (Å²) in [5.41, 5.74) is 1.01. The van der Waals surface area contributed by atoms with Crippen LogP contribution in [0.3, 0.4) is 0 Å². The van der Waals surface area contributed by atoms with Gasteiger partial charge in [0.25, 0.3) is 0 Å². The third-order valence-corrected chi connectivity index (χ3v) is 3.02. The summed E-state index contributed by atoms with van der Waals surface area (Å²) in [6, 6.07) is 1.91. The van der Waals surface area contributed by atoms with E-state index in [9.17, 15) is 10.2 Å². The van der Waals surface area contributed by atoms with Crippen molar-refractivity contribution in [1.29, 1.82) is 0 Å². The summed E-state index contributed by atoms with van der Waals surface area (Å²) < 4.78 is 1.77. The molecular weight excluding hydrogens is 180 g/mol. The SMILES string of the molecule is Cn1nccc1[C@H]1C[C@@H](O)CC[C@@H]1O. The number of aliphatic hydroxyl groups excluding tert-OH is 2. The van der Waals surface area contributed by atoms with E-state index in [-0.39, 0.29) is 18.1 Å². The van der Waals surface area contributed by atoms with Crippen LogP contribution in [0.5, 0.6) is 0 Å². The van der Waals surface area contributed by atoms with E-state index in [1.165, 1.54) is 0 Å². The Bertz CT molecular complexity index is 311. The molecule has 1 aliphatic carbocycles. The van der Waals surface area contributed by atoms with Crippen molar-refractivity contribution in [3.8, 4) is 0 Å². The summed E-state index contributed by atoms with van der Waals surface area (Å²) >= 11 is 0. The maximum absolute atomic E-state index is 9.83. The van der Waals surface area contributed by atoms with Gasteiger partial charge in [-0.15, -0.1) is 0 Å². The van der Waals surface area contributed by atoms with Gasteiger partial charge in [0.05, 0.1) is 12.2 Å². The molecule has 0 amide bonds. The quantitative estimate of drug-likeness (QED) is 0.684. The minimum Gasteiger partial charge on any atom is -0.393 e. The molecule has 1 aromatic rings. The van der Waals surface area contributed by atoms with Crippen LogP contribution in [0.25, 0.3) is 0 Å². The van der Waals surface area contributed by atoms with Crippen LogP contribution in [-0.2, 0) is 7.05 Å². The molecule has 0 unspecified atom stereocenters. The zero-order chi connectivity index (χ0) is 10.1. The fourth-order valence-corrected chi connectivity index (χ4v) is 2.20. The summed E-state index contributed by atoms with van der Waals surface area (Å²) in [4.78, 5) is 0. The highest BCUT2D eigenvalue weighted by Crippen LogP contribution is 2.32. The number of hydrogen-bond acceptors (Lipinski definition) is 3. The molecule has 1 fully saturated rings. The van der Waals surface area contributed by atoms with Gasteiger partial charge < -0.3 is 10.2 Å². The van der Waals surface area contributed by atoms with Crippen LogP contribution in [0.1, 0.15) is 30.9 Å². The molecule has 1 aliphatic rings. The molecule has 0 bridgehead atoms. The summed E-state index contributed by atoms with van der Waals surface area (Å²) in [5, 5.41) is 23.5. The van der Waals surface area contributed by atoms with E-state index >= 15 is 0 Å². The number of hydrogen-bond donors (Lipinski definition) is 2. The molecule has 0 spiro atoms. The molecule has 4 heteroatoms. The maximum Gasteiger partial charge on any atom is 0.0625 e. The zero-order valence-corrected chi connectivity index (χ0v) is 8.30. The van der Waals surface area contributed by atoms with Crippen molar-refractivity contribution in [1.82, 2.24) is 9.78 Å². The summed E-state index contributed by atoms with van der Waals surface area (Å²) in [7, 11) is 1.86. The molecule has 2 rings (SSSR count). The van der Waals surface area contributed by atoms with Crippen molar-refractivity contribution >= 4 is 0 Å². The van der Waals surface area contributed by atoms with Crippen molar-refractivity contribution in [3.05, 3.63) is 18.0 Å². The Balaban J connectivity index is 2.20. The highest BCUT2D eigenvalue weighted by atomic mass is 16.3. The van der Waals surface area contributed by atoms with Crippen molar-refractivity contribution in [2.75, 3.05) is 0 Å². The lowest BCUT2D eigenvalue weighted by Gasteiger charge is -2.30. The Morgan fingerprint density at radius 2 is 2.21 bits per heavy atom. The van der Waals surface area contributed by atoms with E-state index in [2.05, 4.69) is 5.10 Å². The molecule has 0 aliphatic heterocycles. The van der Waals surface area contributed by atoms with Gasteiger partial charge in [-0.05, 0) is 25.3 Å². The van der Waals surface area contributed by atoms with Gasteiger partial charge in [-0.1, -0.05) is 0 Å². The van der Waals surface area contributed by atoms with Crippen molar-refractivity contribution in [2.45, 2.75) is 37.4 Å². The Hall–Kier alpha value is -0.870. The minimum absolute atomic E-state index is 0.0336. The van der Waals surface area contributed by atoms with Crippen LogP contribution in [0.2, 0.25) is 0 Å². The Morgan fingerprint density at radius 1 is 1.43 bits per heavy atom. The summed E-state index contributed by atoms with van der Waals surface area (Å²) in [6.07, 6.45) is 3.13. The molecule has 2 N–H and O–H groups in total. The largest absolute Gasteiger partial charge is 0.393 e. The predicted molar refractivity (Wildman–Crippen MR) is 51.8 cm³/mol. The van der Waals surface area contributed by atoms with Gasteiger partial charge >= 0.3 is 0 Å². The molecule has 0 aromatic carbocycles. The summed E-state index contributed by atoms with van der Waals surface area (Å²) in [6.45, 7) is 0. The number of nitrogens with zero attached hydrogens (tertiary/aromatic N) is 2. The van der Waals surface area contributed by atoms with Gasteiger partial charge in [-0.3, -0.25) is 4.68 Å². The van der Waals surface area contributed by atoms with E-state index < -0.39 is 0 Å². The first-order chi connectivity index (χ1) is 6.68. The number of rotatable bonds is 1. The highest BCUT2D eigenvalue weighted by Gasteiger charge is 2.30. The van der Waals surface area contributed by atoms with Crippen LogP contribution in [0.4, 0.5) is 0 Å². The average Bonchev–Trinajstić information content (AvgIpc) is 2.56. The fraction of sp³-hybridized carbons (Fsp3) is 0.700. The second kappa shape index (κ2) is 3.71. The monoisotopic (exact) mass is 196 g/mol. The smallest absolute Gasteiger partial charge is 0.0625 e. The summed E-state index contributed by atoms with van der Waals surface area (Å²) in [5.74, 6) is 0.0336. The predicted octanol–water partition coefficient (Wildman–Crippen LogP) is 0.409. The van der Waals surface area contributed by atoms with Crippen molar-refractivity contribution < 1.29 is 10.2 Å². The lowest BCUT2D eigenvalue weighted by molar-refractivity contribution is 0.0332. The van der Waals surface area contributed by atoms with E-state index in [1.807, 2.05) is 13.1 Å². The van der Waals surface area contributed by atoms with Crippen LogP contribution < -0.4 is 0 Å². The Kier molecular flexibility index (Phi) is 2.56. The lowest BCUT2D eigenvalue weighted by atomic mass is 9.82. The number of aryl methyl sites for hydroxylation is 1. The molecule has 4 nitrogen and oxygen atoms in total. The molecule has 14 heavy (non-hydrogen) atoms. The van der Waals surface area contributed by atoms with Crippen LogP contribution in [-0.4, -0.2) is 32.2 Å². The first-order valence-corrected chi connectivity index (χ1v) is 5.02. The Labute approximate surface area is 83.2 Å². The van der Waals surface area contributed by atoms with E-state index in [0.717, 1.165) is 5.69 Å². The second-order valence-corrected chi connectivity index (χ2v) is 4.02. The third kappa shape index (κ3) is 1.67. The molecule has 1 heterocycles. The minimum atomic E-state index is -0.339. The average molecular weight is 196 g/mol. The van der Waals surface area contributed by atoms with Gasteiger partial charge in [0.2, 0.25) is 0 Å². The first kappa shape index (κ1) is 9.68. The van der Waals surface area contributed by atoms with Gasteiger partial charge in [0.15, 0.2) is 0 Å². The Morgan fingerprint density at radius 3 is 2.86 bits per heavy atom. The van der Waals surface area contributed by atoms with E-state index in [1.54, 1.807) is 10.9 Å². The standard InChI is InChI=1S/C10H16N2O2/c1-12-9(4-5-11-12)8-6-7(13)2-3-10(8)14/h4-5,7-8,10,13-14H,2-3,6H2,1H3/t7-,8+,10-/m0/s1. The van der Waals surface area contributed by atoms with E-state index in [4.69, 9.17) is 0 Å². The van der Waals surface area contributed by atoms with Crippen molar-refractivity contribution in [2.24, 2.45) is 7.05 Å². The lowest BCUT2D eigenvalue weighted by Crippen LogP contribution is -2.31.